The highest BCUT2D eigenvalue weighted by Gasteiger charge is 2.35. The van der Waals surface area contributed by atoms with E-state index in [1.807, 2.05) is 0 Å². The Labute approximate surface area is 89.9 Å². The summed E-state index contributed by atoms with van der Waals surface area (Å²) in [7, 11) is 0. The molecule has 0 radical (unpaired) electrons. The van der Waals surface area contributed by atoms with E-state index in [1.165, 1.54) is 12.1 Å². The van der Waals surface area contributed by atoms with Crippen LogP contribution in [0, 0.1) is 10.1 Å². The summed E-state index contributed by atoms with van der Waals surface area (Å²) >= 11 is 2.77. The van der Waals surface area contributed by atoms with Gasteiger partial charge in [0.05, 0.1) is 9.40 Å². The Balaban J connectivity index is 3.18. The Morgan fingerprint density at radius 3 is 2.47 bits per heavy atom. The predicted octanol–water partition coefficient (Wildman–Crippen LogP) is 3.26. The topological polar surface area (TPSA) is 52.4 Å². The van der Waals surface area contributed by atoms with E-state index in [2.05, 4.69) is 20.7 Å². The molecule has 0 aliphatic heterocycles. The molecule has 0 saturated heterocycles. The van der Waals surface area contributed by atoms with E-state index in [4.69, 9.17) is 0 Å². The number of hydrogen-bond donors (Lipinski definition) is 0. The number of ether oxygens (including phenoxy) is 1. The highest BCUT2D eigenvalue weighted by molar-refractivity contribution is 9.10. The van der Waals surface area contributed by atoms with Crippen molar-refractivity contribution in [3.05, 3.63) is 32.8 Å². The molecule has 0 aromatic heterocycles. The molecule has 8 heteroatoms. The van der Waals surface area contributed by atoms with Crippen molar-refractivity contribution in [3.8, 4) is 5.75 Å². The van der Waals surface area contributed by atoms with Crippen LogP contribution >= 0.6 is 15.9 Å². The highest BCUT2D eigenvalue weighted by Crippen LogP contribution is 2.37. The van der Waals surface area contributed by atoms with Crippen LogP contribution in [-0.4, -0.2) is 11.3 Å². The molecule has 0 atom stereocenters. The van der Waals surface area contributed by atoms with Gasteiger partial charge in [0.2, 0.25) is 5.75 Å². The van der Waals surface area contributed by atoms with Gasteiger partial charge in [0.1, 0.15) is 0 Å². The van der Waals surface area contributed by atoms with Crippen LogP contribution in [-0.2, 0) is 0 Å². The number of rotatable bonds is 2. The molecular formula is C7H3BrF3NO3. The van der Waals surface area contributed by atoms with Gasteiger partial charge >= 0.3 is 12.0 Å². The minimum atomic E-state index is -4.95. The number of para-hydroxylation sites is 1. The van der Waals surface area contributed by atoms with Crippen LogP contribution in [0.3, 0.4) is 0 Å². The van der Waals surface area contributed by atoms with E-state index < -0.39 is 22.7 Å². The number of benzene rings is 1. The lowest BCUT2D eigenvalue weighted by Crippen LogP contribution is -2.18. The largest absolute Gasteiger partial charge is 0.573 e. The van der Waals surface area contributed by atoms with Crippen LogP contribution in [0.1, 0.15) is 0 Å². The fourth-order valence-electron chi connectivity index (χ4n) is 0.880. The third-order valence-electron chi connectivity index (χ3n) is 1.36. The fourth-order valence-corrected chi connectivity index (χ4v) is 1.37. The Morgan fingerprint density at radius 2 is 2.00 bits per heavy atom. The SMILES string of the molecule is O=[N+]([O-])c1c(Br)cccc1OC(F)(F)F. The van der Waals surface area contributed by atoms with Gasteiger partial charge in [-0.3, -0.25) is 10.1 Å². The second-order valence-electron chi connectivity index (χ2n) is 2.39. The van der Waals surface area contributed by atoms with Crippen LogP contribution in [0.25, 0.3) is 0 Å². The maximum absolute atomic E-state index is 11.9. The molecule has 0 spiro atoms. The maximum atomic E-state index is 11.9. The van der Waals surface area contributed by atoms with E-state index in [-0.39, 0.29) is 4.47 Å². The third kappa shape index (κ3) is 3.08. The van der Waals surface area contributed by atoms with Gasteiger partial charge in [-0.25, -0.2) is 0 Å². The zero-order valence-corrected chi connectivity index (χ0v) is 8.50. The van der Waals surface area contributed by atoms with Gasteiger partial charge in [-0.05, 0) is 28.1 Å². The first kappa shape index (κ1) is 11.8. The molecule has 0 N–H and O–H groups in total. The van der Waals surface area contributed by atoms with Crippen molar-refractivity contribution in [1.29, 1.82) is 0 Å². The van der Waals surface area contributed by atoms with Gasteiger partial charge in [-0.1, -0.05) is 6.07 Å². The molecule has 0 fully saturated rings. The molecule has 0 amide bonds. The molecular weight excluding hydrogens is 283 g/mol. The van der Waals surface area contributed by atoms with Gasteiger partial charge in [-0.2, -0.15) is 0 Å². The van der Waals surface area contributed by atoms with Crippen molar-refractivity contribution in [2.75, 3.05) is 0 Å². The van der Waals surface area contributed by atoms with E-state index in [0.717, 1.165) is 6.07 Å². The highest BCUT2D eigenvalue weighted by atomic mass is 79.9. The van der Waals surface area contributed by atoms with Crippen molar-refractivity contribution in [3.63, 3.8) is 0 Å². The molecule has 82 valence electrons. The predicted molar refractivity (Wildman–Crippen MR) is 47.5 cm³/mol. The summed E-state index contributed by atoms with van der Waals surface area (Å²) < 4.78 is 39.0. The lowest BCUT2D eigenvalue weighted by Gasteiger charge is -2.09. The van der Waals surface area contributed by atoms with Gasteiger partial charge in [-0.15, -0.1) is 13.2 Å². The Kier molecular flexibility index (Phi) is 3.18. The number of nitrogens with zero attached hydrogens (tertiary/aromatic N) is 1. The summed E-state index contributed by atoms with van der Waals surface area (Å²) in [5.74, 6) is -0.845. The molecule has 0 heterocycles. The molecule has 15 heavy (non-hydrogen) atoms. The summed E-state index contributed by atoms with van der Waals surface area (Å²) in [5.41, 5.74) is -0.755. The Bertz CT molecular complexity index is 394. The van der Waals surface area contributed by atoms with Crippen molar-refractivity contribution in [2.24, 2.45) is 0 Å². The minimum absolute atomic E-state index is 0.0748. The van der Waals surface area contributed by atoms with Crippen LogP contribution in [0.2, 0.25) is 0 Å². The summed E-state index contributed by atoms with van der Waals surface area (Å²) in [6.07, 6.45) is -4.95. The summed E-state index contributed by atoms with van der Waals surface area (Å²) in [6.45, 7) is 0. The standard InChI is InChI=1S/C7H3BrF3NO3/c8-4-2-1-3-5(6(4)12(13)14)15-7(9,10)11/h1-3H. The summed E-state index contributed by atoms with van der Waals surface area (Å²) in [6, 6.07) is 3.33. The molecule has 1 aromatic carbocycles. The van der Waals surface area contributed by atoms with Crippen LogP contribution < -0.4 is 4.74 Å². The molecule has 1 rings (SSSR count). The lowest BCUT2D eigenvalue weighted by molar-refractivity contribution is -0.389. The monoisotopic (exact) mass is 285 g/mol. The van der Waals surface area contributed by atoms with E-state index in [0.29, 0.717) is 0 Å². The van der Waals surface area contributed by atoms with Crippen molar-refractivity contribution in [1.82, 2.24) is 0 Å². The Morgan fingerprint density at radius 1 is 1.40 bits per heavy atom. The zero-order chi connectivity index (χ0) is 11.6. The molecule has 0 aliphatic carbocycles. The summed E-state index contributed by atoms with van der Waals surface area (Å²) in [4.78, 5) is 9.50. The van der Waals surface area contributed by atoms with Crippen LogP contribution in [0.15, 0.2) is 22.7 Å². The first-order valence-electron chi connectivity index (χ1n) is 3.50. The van der Waals surface area contributed by atoms with Gasteiger partial charge in [0.15, 0.2) is 0 Å². The second-order valence-corrected chi connectivity index (χ2v) is 3.25. The van der Waals surface area contributed by atoms with Gasteiger partial charge < -0.3 is 4.74 Å². The lowest BCUT2D eigenvalue weighted by atomic mass is 10.3. The smallest absolute Gasteiger partial charge is 0.398 e. The van der Waals surface area contributed by atoms with Crippen LogP contribution in [0.4, 0.5) is 18.9 Å². The van der Waals surface area contributed by atoms with Crippen molar-refractivity contribution >= 4 is 21.6 Å². The minimum Gasteiger partial charge on any atom is -0.398 e. The number of alkyl halides is 3. The molecule has 0 saturated carbocycles. The normalized spacial score (nSPS) is 11.2. The second kappa shape index (κ2) is 4.05. The van der Waals surface area contributed by atoms with Crippen molar-refractivity contribution < 1.29 is 22.8 Å². The first-order chi connectivity index (χ1) is 6.81. The molecule has 0 bridgehead atoms. The van der Waals surface area contributed by atoms with Gasteiger partial charge in [0.25, 0.3) is 0 Å². The summed E-state index contributed by atoms with van der Waals surface area (Å²) in [5, 5.41) is 10.5. The number of nitro groups is 1. The maximum Gasteiger partial charge on any atom is 0.573 e. The Hall–Kier alpha value is -1.31. The zero-order valence-electron chi connectivity index (χ0n) is 6.92. The average Bonchev–Trinajstić information content (AvgIpc) is 1.99. The van der Waals surface area contributed by atoms with E-state index in [9.17, 15) is 23.3 Å². The van der Waals surface area contributed by atoms with E-state index >= 15 is 0 Å². The third-order valence-corrected chi connectivity index (χ3v) is 2.00. The molecule has 4 nitrogen and oxygen atoms in total. The van der Waals surface area contributed by atoms with Crippen LogP contribution in [0.5, 0.6) is 5.75 Å². The molecule has 0 aliphatic rings. The number of hydrogen-bond acceptors (Lipinski definition) is 3. The molecule has 1 aromatic rings. The fraction of sp³-hybridized carbons (Fsp3) is 0.143. The first-order valence-corrected chi connectivity index (χ1v) is 4.29. The van der Waals surface area contributed by atoms with Gasteiger partial charge in [0, 0.05) is 0 Å². The average molecular weight is 286 g/mol. The number of nitro benzene ring substituents is 1. The van der Waals surface area contributed by atoms with E-state index in [1.54, 1.807) is 0 Å². The molecule has 0 unspecified atom stereocenters. The quantitative estimate of drug-likeness (QED) is 0.619. The number of halogens is 4. The van der Waals surface area contributed by atoms with Crippen molar-refractivity contribution in [2.45, 2.75) is 6.36 Å².